The first-order valence-electron chi connectivity index (χ1n) is 10.6. The number of nitrogens with zero attached hydrogens (tertiary/aromatic N) is 3. The molecule has 0 amide bonds. The zero-order valence-corrected chi connectivity index (χ0v) is 20.7. The van der Waals surface area contributed by atoms with Gasteiger partial charge in [0.15, 0.2) is 0 Å². The van der Waals surface area contributed by atoms with E-state index in [1.54, 1.807) is 0 Å². The Balaban J connectivity index is 2.31. The van der Waals surface area contributed by atoms with Gasteiger partial charge in [-0.2, -0.15) is 0 Å². The Morgan fingerprint density at radius 3 is 1.32 bits per heavy atom. The van der Waals surface area contributed by atoms with Crippen molar-refractivity contribution >= 4 is 28.7 Å². The van der Waals surface area contributed by atoms with Gasteiger partial charge in [0, 0.05) is 70.3 Å². The number of anilines is 3. The summed E-state index contributed by atoms with van der Waals surface area (Å²) < 4.78 is 0. The van der Waals surface area contributed by atoms with Crippen LogP contribution in [0.15, 0.2) is 54.6 Å². The third-order valence-corrected chi connectivity index (χ3v) is 6.32. The van der Waals surface area contributed by atoms with Crippen LogP contribution >= 0.6 is 11.6 Å². The second-order valence-electron chi connectivity index (χ2n) is 8.90. The molecule has 164 valence electrons. The van der Waals surface area contributed by atoms with E-state index in [4.69, 9.17) is 11.6 Å². The summed E-state index contributed by atoms with van der Waals surface area (Å²) in [6.45, 7) is 4.38. The smallest absolute Gasteiger partial charge is 0.0468 e. The average molecular weight is 436 g/mol. The van der Waals surface area contributed by atoms with E-state index in [1.807, 2.05) is 14.1 Å². The molecule has 0 bridgehead atoms. The lowest BCUT2D eigenvalue weighted by Gasteiger charge is -2.27. The number of rotatable bonds is 6. The van der Waals surface area contributed by atoms with Crippen LogP contribution < -0.4 is 14.7 Å². The van der Waals surface area contributed by atoms with Crippen molar-refractivity contribution in [3.05, 3.63) is 87.4 Å². The maximum absolute atomic E-state index is 6.93. The van der Waals surface area contributed by atoms with E-state index in [-0.39, 0.29) is 5.92 Å². The van der Waals surface area contributed by atoms with Crippen LogP contribution in [-0.4, -0.2) is 42.3 Å². The molecule has 3 aromatic carbocycles. The number of hydrogen-bond donors (Lipinski definition) is 0. The van der Waals surface area contributed by atoms with Gasteiger partial charge >= 0.3 is 0 Å². The van der Waals surface area contributed by atoms with Crippen molar-refractivity contribution in [1.82, 2.24) is 0 Å². The Morgan fingerprint density at radius 1 is 0.548 bits per heavy atom. The molecule has 0 aliphatic rings. The summed E-state index contributed by atoms with van der Waals surface area (Å²) in [5.41, 5.74) is 9.70. The van der Waals surface area contributed by atoms with Crippen LogP contribution in [0.2, 0.25) is 5.02 Å². The molecule has 0 spiro atoms. The van der Waals surface area contributed by atoms with Crippen LogP contribution in [0.1, 0.15) is 33.7 Å². The fourth-order valence-electron chi connectivity index (χ4n) is 3.97. The van der Waals surface area contributed by atoms with Gasteiger partial charge in [-0.05, 0) is 78.1 Å². The standard InChI is InChI=1S/C27H34ClN3/c1-18-9-11-20(29(3)4)15-24(18)27(23-14-13-22(31(7)8)17-26(23)28)25-16-21(30(5)6)12-10-19(25)2/h9-17,27H,1-8H3. The molecule has 0 aliphatic carbocycles. The zero-order chi connectivity index (χ0) is 22.9. The third kappa shape index (κ3) is 4.83. The van der Waals surface area contributed by atoms with Gasteiger partial charge in [-0.3, -0.25) is 0 Å². The third-order valence-electron chi connectivity index (χ3n) is 5.99. The van der Waals surface area contributed by atoms with Crippen molar-refractivity contribution in [2.24, 2.45) is 0 Å². The van der Waals surface area contributed by atoms with Gasteiger partial charge < -0.3 is 14.7 Å². The van der Waals surface area contributed by atoms with Crippen LogP contribution in [0.4, 0.5) is 17.1 Å². The van der Waals surface area contributed by atoms with Crippen LogP contribution in [0, 0.1) is 13.8 Å². The predicted molar refractivity (Wildman–Crippen MR) is 138 cm³/mol. The average Bonchev–Trinajstić information content (AvgIpc) is 2.71. The lowest BCUT2D eigenvalue weighted by Crippen LogP contribution is -2.14. The second-order valence-corrected chi connectivity index (χ2v) is 9.31. The topological polar surface area (TPSA) is 9.72 Å². The largest absolute Gasteiger partial charge is 0.378 e. The van der Waals surface area contributed by atoms with E-state index < -0.39 is 0 Å². The predicted octanol–water partition coefficient (Wildman–Crippen LogP) is 6.34. The first kappa shape index (κ1) is 23.0. The highest BCUT2D eigenvalue weighted by Gasteiger charge is 2.24. The summed E-state index contributed by atoms with van der Waals surface area (Å²) in [6.07, 6.45) is 0. The molecule has 0 aromatic heterocycles. The second kappa shape index (κ2) is 9.23. The Labute approximate surface area is 192 Å². The highest BCUT2D eigenvalue weighted by molar-refractivity contribution is 6.31. The van der Waals surface area contributed by atoms with Gasteiger partial charge in [0.1, 0.15) is 0 Å². The molecule has 0 atom stereocenters. The van der Waals surface area contributed by atoms with Crippen LogP contribution in [0.5, 0.6) is 0 Å². The molecule has 3 nitrogen and oxygen atoms in total. The molecule has 0 radical (unpaired) electrons. The minimum atomic E-state index is 0.0449. The molecule has 3 rings (SSSR count). The van der Waals surface area contributed by atoms with Gasteiger partial charge in [0.05, 0.1) is 0 Å². The molecule has 0 fully saturated rings. The monoisotopic (exact) mass is 435 g/mol. The van der Waals surface area contributed by atoms with Gasteiger partial charge in [-0.25, -0.2) is 0 Å². The molecular weight excluding hydrogens is 402 g/mol. The van der Waals surface area contributed by atoms with Gasteiger partial charge in [0.25, 0.3) is 0 Å². The fraction of sp³-hybridized carbons (Fsp3) is 0.333. The molecule has 3 aromatic rings. The highest BCUT2D eigenvalue weighted by Crippen LogP contribution is 2.41. The minimum absolute atomic E-state index is 0.0449. The maximum Gasteiger partial charge on any atom is 0.0468 e. The molecule has 0 aliphatic heterocycles. The molecular formula is C27H34ClN3. The normalized spacial score (nSPS) is 11.0. The SMILES string of the molecule is Cc1ccc(N(C)C)cc1C(c1cc(N(C)C)ccc1C)c1ccc(N(C)C)cc1Cl. The molecule has 31 heavy (non-hydrogen) atoms. The van der Waals surface area contributed by atoms with Gasteiger partial charge in [0.2, 0.25) is 0 Å². The Hall–Kier alpha value is -2.65. The van der Waals surface area contributed by atoms with E-state index in [1.165, 1.54) is 33.6 Å². The summed E-state index contributed by atoms with van der Waals surface area (Å²) in [6, 6.07) is 19.8. The Kier molecular flexibility index (Phi) is 6.86. The summed E-state index contributed by atoms with van der Waals surface area (Å²) in [5, 5.41) is 0.792. The van der Waals surface area contributed by atoms with E-state index in [0.29, 0.717) is 0 Å². The molecule has 0 saturated heterocycles. The van der Waals surface area contributed by atoms with Crippen molar-refractivity contribution in [3.8, 4) is 0 Å². The van der Waals surface area contributed by atoms with Crippen molar-refractivity contribution in [3.63, 3.8) is 0 Å². The minimum Gasteiger partial charge on any atom is -0.378 e. The maximum atomic E-state index is 6.93. The van der Waals surface area contributed by atoms with Crippen LogP contribution in [-0.2, 0) is 0 Å². The van der Waals surface area contributed by atoms with Crippen molar-refractivity contribution in [1.29, 1.82) is 0 Å². The highest BCUT2D eigenvalue weighted by atomic mass is 35.5. The lowest BCUT2D eigenvalue weighted by atomic mass is 9.80. The summed E-state index contributed by atoms with van der Waals surface area (Å²) in [4.78, 5) is 6.39. The molecule has 0 heterocycles. The molecule has 0 unspecified atom stereocenters. The van der Waals surface area contributed by atoms with Crippen molar-refractivity contribution in [2.45, 2.75) is 19.8 Å². The van der Waals surface area contributed by atoms with Crippen molar-refractivity contribution < 1.29 is 0 Å². The first-order valence-corrected chi connectivity index (χ1v) is 11.0. The van der Waals surface area contributed by atoms with Gasteiger partial charge in [-0.1, -0.05) is 29.8 Å². The molecule has 0 N–H and O–H groups in total. The number of aryl methyl sites for hydroxylation is 2. The Bertz CT molecular complexity index is 1010. The summed E-state index contributed by atoms with van der Waals surface area (Å²) in [5.74, 6) is 0.0449. The number of hydrogen-bond acceptors (Lipinski definition) is 3. The van der Waals surface area contributed by atoms with E-state index in [2.05, 4.69) is 111 Å². The number of halogens is 1. The molecule has 0 saturated carbocycles. The van der Waals surface area contributed by atoms with Crippen LogP contribution in [0.3, 0.4) is 0 Å². The van der Waals surface area contributed by atoms with E-state index in [0.717, 1.165) is 16.3 Å². The van der Waals surface area contributed by atoms with Crippen molar-refractivity contribution in [2.75, 3.05) is 57.0 Å². The Morgan fingerprint density at radius 2 is 0.935 bits per heavy atom. The van der Waals surface area contributed by atoms with Crippen LogP contribution in [0.25, 0.3) is 0 Å². The molecule has 4 heteroatoms. The quantitative estimate of drug-likeness (QED) is 0.418. The van der Waals surface area contributed by atoms with E-state index >= 15 is 0 Å². The number of benzene rings is 3. The lowest BCUT2D eigenvalue weighted by molar-refractivity contribution is 0.941. The zero-order valence-electron chi connectivity index (χ0n) is 20.0. The fourth-order valence-corrected chi connectivity index (χ4v) is 4.25. The summed E-state index contributed by atoms with van der Waals surface area (Å²) >= 11 is 6.93. The van der Waals surface area contributed by atoms with Gasteiger partial charge in [-0.15, -0.1) is 0 Å². The first-order chi connectivity index (χ1) is 14.6. The van der Waals surface area contributed by atoms with E-state index in [9.17, 15) is 0 Å². The summed E-state index contributed by atoms with van der Waals surface area (Å²) in [7, 11) is 12.4.